The Kier molecular flexibility index (Phi) is 1.15. The van der Waals surface area contributed by atoms with Crippen LogP contribution in [0.4, 0.5) is 0 Å². The van der Waals surface area contributed by atoms with Gasteiger partial charge < -0.3 is 0 Å². The molecular weight excluding hydrogens is 160 g/mol. The Morgan fingerprint density at radius 3 is 2.69 bits per heavy atom. The van der Waals surface area contributed by atoms with Gasteiger partial charge in [-0.25, -0.2) is 0 Å². The van der Waals surface area contributed by atoms with Crippen LogP contribution in [0.15, 0.2) is 36.4 Å². The van der Waals surface area contributed by atoms with E-state index in [2.05, 4.69) is 18.7 Å². The van der Waals surface area contributed by atoms with Crippen LogP contribution in [0.25, 0.3) is 0 Å². The van der Waals surface area contributed by atoms with Crippen LogP contribution in [0.3, 0.4) is 0 Å². The Labute approximate surface area is 77.1 Å². The topological polar surface area (TPSA) is 17.1 Å². The van der Waals surface area contributed by atoms with E-state index in [4.69, 9.17) is 0 Å². The molecule has 1 nitrogen and oxygen atoms in total. The predicted molar refractivity (Wildman–Crippen MR) is 50.7 cm³/mol. The molecule has 2 aliphatic rings. The number of rotatable bonds is 0. The molecule has 1 heteroatoms. The maximum Gasteiger partial charge on any atom is 0.145 e. The average Bonchev–Trinajstić information content (AvgIpc) is 2.56. The Hall–Kier alpha value is -1.37. The molecule has 64 valence electrons. The molecule has 1 fully saturated rings. The summed E-state index contributed by atoms with van der Waals surface area (Å²) in [6, 6.07) is 8.22. The van der Waals surface area contributed by atoms with Gasteiger partial charge in [-0.3, -0.25) is 4.79 Å². The summed E-state index contributed by atoms with van der Waals surface area (Å²) in [5, 5.41) is 0. The van der Waals surface area contributed by atoms with E-state index < -0.39 is 0 Å². The van der Waals surface area contributed by atoms with Crippen molar-refractivity contribution in [1.29, 1.82) is 0 Å². The van der Waals surface area contributed by atoms with Crippen molar-refractivity contribution >= 4 is 5.78 Å². The summed E-state index contributed by atoms with van der Waals surface area (Å²) >= 11 is 0. The Morgan fingerprint density at radius 1 is 1.23 bits per heavy atom. The fourth-order valence-electron chi connectivity index (χ4n) is 2.63. The lowest BCUT2D eigenvalue weighted by molar-refractivity contribution is -0.118. The molecule has 2 unspecified atom stereocenters. The van der Waals surface area contributed by atoms with Crippen molar-refractivity contribution in [3.63, 3.8) is 0 Å². The molecule has 13 heavy (non-hydrogen) atoms. The maximum absolute atomic E-state index is 11.5. The van der Waals surface area contributed by atoms with E-state index in [-0.39, 0.29) is 5.92 Å². The number of carbonyl (C=O) groups excluding carboxylic acids is 1. The smallest absolute Gasteiger partial charge is 0.145 e. The molecule has 1 saturated carbocycles. The van der Waals surface area contributed by atoms with Gasteiger partial charge in [0, 0.05) is 12.3 Å². The molecular formula is C12H10O. The summed E-state index contributed by atoms with van der Waals surface area (Å²) in [7, 11) is 0. The second-order valence-electron chi connectivity index (χ2n) is 3.86. The molecule has 2 atom stereocenters. The Morgan fingerprint density at radius 2 is 1.92 bits per heavy atom. The molecule has 1 aromatic rings. The van der Waals surface area contributed by atoms with Crippen molar-refractivity contribution in [3.05, 3.63) is 47.5 Å². The molecule has 1 aromatic carbocycles. The zero-order valence-corrected chi connectivity index (χ0v) is 7.29. The maximum atomic E-state index is 11.5. The summed E-state index contributed by atoms with van der Waals surface area (Å²) in [5.74, 6) is 0.712. The van der Waals surface area contributed by atoms with Crippen LogP contribution < -0.4 is 0 Å². The van der Waals surface area contributed by atoms with Crippen LogP contribution >= 0.6 is 0 Å². The van der Waals surface area contributed by atoms with Gasteiger partial charge in [0.05, 0.1) is 5.92 Å². The molecule has 0 radical (unpaired) electrons. The van der Waals surface area contributed by atoms with E-state index in [0.29, 0.717) is 18.1 Å². The second kappa shape index (κ2) is 2.11. The van der Waals surface area contributed by atoms with Crippen LogP contribution in [0.5, 0.6) is 0 Å². The van der Waals surface area contributed by atoms with E-state index in [1.807, 2.05) is 12.1 Å². The number of benzene rings is 1. The van der Waals surface area contributed by atoms with Crippen LogP contribution in [-0.2, 0) is 4.79 Å². The number of ketones is 1. The number of hydrogen-bond acceptors (Lipinski definition) is 1. The number of fused-ring (bicyclic) bond motifs is 5. The third kappa shape index (κ3) is 0.700. The lowest BCUT2D eigenvalue weighted by atomic mass is 9.91. The lowest BCUT2D eigenvalue weighted by Crippen LogP contribution is -2.08. The van der Waals surface area contributed by atoms with E-state index in [1.54, 1.807) is 0 Å². The van der Waals surface area contributed by atoms with Gasteiger partial charge >= 0.3 is 0 Å². The van der Waals surface area contributed by atoms with Crippen molar-refractivity contribution in [2.24, 2.45) is 0 Å². The van der Waals surface area contributed by atoms with Crippen LogP contribution in [0, 0.1) is 0 Å². The highest BCUT2D eigenvalue weighted by molar-refractivity contribution is 5.97. The third-order valence-corrected chi connectivity index (χ3v) is 3.23. The Balaban J connectivity index is 2.29. The molecule has 0 aromatic heterocycles. The summed E-state index contributed by atoms with van der Waals surface area (Å²) < 4.78 is 0. The van der Waals surface area contributed by atoms with Gasteiger partial charge in [-0.05, 0) is 11.1 Å². The standard InChI is InChI=1S/C12H10O/c1-7-10-6-11(13)12(7)9-5-3-2-4-8(9)10/h2-5,10,12H,1,6H2. The highest BCUT2D eigenvalue weighted by atomic mass is 16.1. The molecule has 0 heterocycles. The minimum Gasteiger partial charge on any atom is -0.299 e. The average molecular weight is 170 g/mol. The molecule has 2 bridgehead atoms. The number of Topliss-reactive ketones (excluding diaryl/α,β-unsaturated/α-hetero) is 1. The van der Waals surface area contributed by atoms with Gasteiger partial charge in [0.15, 0.2) is 0 Å². The first-order chi connectivity index (χ1) is 6.29. The van der Waals surface area contributed by atoms with Crippen molar-refractivity contribution in [2.75, 3.05) is 0 Å². The van der Waals surface area contributed by atoms with Gasteiger partial charge in [-0.2, -0.15) is 0 Å². The van der Waals surface area contributed by atoms with Crippen molar-refractivity contribution < 1.29 is 4.79 Å². The van der Waals surface area contributed by atoms with E-state index in [1.165, 1.54) is 11.1 Å². The fourth-order valence-corrected chi connectivity index (χ4v) is 2.63. The van der Waals surface area contributed by atoms with Crippen molar-refractivity contribution in [2.45, 2.75) is 18.3 Å². The van der Waals surface area contributed by atoms with Crippen LogP contribution in [0.1, 0.15) is 29.4 Å². The third-order valence-electron chi connectivity index (χ3n) is 3.23. The van der Waals surface area contributed by atoms with Gasteiger partial charge in [0.25, 0.3) is 0 Å². The van der Waals surface area contributed by atoms with E-state index in [0.717, 1.165) is 5.57 Å². The zero-order chi connectivity index (χ0) is 9.00. The quantitative estimate of drug-likeness (QED) is 0.546. The fraction of sp³-hybridized carbons (Fsp3) is 0.250. The molecule has 0 N–H and O–H groups in total. The number of hydrogen-bond donors (Lipinski definition) is 0. The lowest BCUT2D eigenvalue weighted by Gasteiger charge is -2.11. The van der Waals surface area contributed by atoms with Gasteiger partial charge in [0.1, 0.15) is 5.78 Å². The van der Waals surface area contributed by atoms with Crippen molar-refractivity contribution in [1.82, 2.24) is 0 Å². The monoisotopic (exact) mass is 170 g/mol. The van der Waals surface area contributed by atoms with Crippen LogP contribution in [-0.4, -0.2) is 5.78 Å². The summed E-state index contributed by atoms with van der Waals surface area (Å²) in [5.41, 5.74) is 3.65. The van der Waals surface area contributed by atoms with Gasteiger partial charge in [-0.1, -0.05) is 36.4 Å². The normalized spacial score (nSPS) is 29.5. The summed E-state index contributed by atoms with van der Waals surface area (Å²) in [4.78, 5) is 11.5. The zero-order valence-electron chi connectivity index (χ0n) is 7.29. The highest BCUT2D eigenvalue weighted by Gasteiger charge is 2.45. The highest BCUT2D eigenvalue weighted by Crippen LogP contribution is 2.53. The number of allylic oxidation sites excluding steroid dienone is 1. The van der Waals surface area contributed by atoms with Crippen molar-refractivity contribution in [3.8, 4) is 0 Å². The molecule has 0 aliphatic heterocycles. The van der Waals surface area contributed by atoms with Gasteiger partial charge in [0.2, 0.25) is 0 Å². The largest absolute Gasteiger partial charge is 0.299 e. The Bertz CT molecular complexity index is 417. The van der Waals surface area contributed by atoms with Crippen LogP contribution in [0.2, 0.25) is 0 Å². The first-order valence-electron chi connectivity index (χ1n) is 4.59. The molecule has 2 aliphatic carbocycles. The second-order valence-corrected chi connectivity index (χ2v) is 3.86. The molecule has 0 amide bonds. The first-order valence-corrected chi connectivity index (χ1v) is 4.59. The minimum atomic E-state index is 0.0289. The van der Waals surface area contributed by atoms with E-state index >= 15 is 0 Å². The molecule has 0 saturated heterocycles. The minimum absolute atomic E-state index is 0.0289. The summed E-state index contributed by atoms with van der Waals surface area (Å²) in [6.07, 6.45) is 0.681. The van der Waals surface area contributed by atoms with Gasteiger partial charge in [-0.15, -0.1) is 0 Å². The SMILES string of the molecule is C=C1C2CC(=O)C1c1ccccc12. The molecule has 3 rings (SSSR count). The summed E-state index contributed by atoms with van der Waals surface area (Å²) in [6.45, 7) is 4.02. The molecule has 0 spiro atoms. The number of carbonyl (C=O) groups is 1. The van der Waals surface area contributed by atoms with E-state index in [9.17, 15) is 4.79 Å². The first kappa shape index (κ1) is 7.07. The predicted octanol–water partition coefficient (Wildman–Crippen LogP) is 2.40.